The minimum Gasteiger partial charge on any atom is -0.454 e. The maximum absolute atomic E-state index is 12.6. The molecule has 8 heteroatoms. The predicted octanol–water partition coefficient (Wildman–Crippen LogP) is 1.73. The van der Waals surface area contributed by atoms with Gasteiger partial charge in [0.15, 0.2) is 6.61 Å². The third-order valence-corrected chi connectivity index (χ3v) is 4.65. The number of hydrogen-bond acceptors (Lipinski definition) is 6. The van der Waals surface area contributed by atoms with Crippen molar-refractivity contribution in [1.82, 2.24) is 9.13 Å². The first-order chi connectivity index (χ1) is 13.9. The molecule has 3 rings (SSSR count). The molecule has 2 N–H and O–H groups in total. The van der Waals surface area contributed by atoms with E-state index in [0.29, 0.717) is 17.4 Å². The molecule has 0 saturated carbocycles. The van der Waals surface area contributed by atoms with Crippen LogP contribution in [0, 0.1) is 0 Å². The van der Waals surface area contributed by atoms with Gasteiger partial charge in [0.2, 0.25) is 5.78 Å². The van der Waals surface area contributed by atoms with Crippen LogP contribution < -0.4 is 17.0 Å². The van der Waals surface area contributed by atoms with Gasteiger partial charge in [-0.05, 0) is 23.3 Å². The second-order valence-corrected chi connectivity index (χ2v) is 6.58. The van der Waals surface area contributed by atoms with Crippen LogP contribution in [0.2, 0.25) is 0 Å². The van der Waals surface area contributed by atoms with Crippen LogP contribution >= 0.6 is 0 Å². The SMILES string of the molecule is CCCn1c(N)c(C(=O)COC(=O)c2cccc3ccccc23)c(=O)n(C)c1=O. The molecule has 0 aliphatic carbocycles. The van der Waals surface area contributed by atoms with Crippen molar-refractivity contribution in [1.29, 1.82) is 0 Å². The number of nitrogens with two attached hydrogens (primary N) is 1. The molecule has 0 unspecified atom stereocenters. The normalized spacial score (nSPS) is 10.8. The number of ketones is 1. The van der Waals surface area contributed by atoms with E-state index < -0.39 is 29.6 Å². The van der Waals surface area contributed by atoms with E-state index in [-0.39, 0.29) is 17.9 Å². The molecule has 0 aliphatic rings. The molecule has 0 radical (unpaired) electrons. The first-order valence-corrected chi connectivity index (χ1v) is 9.14. The fraction of sp³-hybridized carbons (Fsp3) is 0.238. The minimum absolute atomic E-state index is 0.217. The lowest BCUT2D eigenvalue weighted by Gasteiger charge is -2.14. The number of carbonyl (C=O) groups is 2. The van der Waals surface area contributed by atoms with Crippen molar-refractivity contribution in [2.45, 2.75) is 19.9 Å². The van der Waals surface area contributed by atoms with Gasteiger partial charge in [-0.25, -0.2) is 9.59 Å². The molecule has 8 nitrogen and oxygen atoms in total. The van der Waals surface area contributed by atoms with Crippen molar-refractivity contribution < 1.29 is 14.3 Å². The molecule has 2 aromatic carbocycles. The Bertz CT molecular complexity index is 1220. The molecular weight excluding hydrogens is 374 g/mol. The number of aromatic nitrogens is 2. The Morgan fingerprint density at radius 3 is 2.48 bits per heavy atom. The highest BCUT2D eigenvalue weighted by atomic mass is 16.5. The molecule has 3 aromatic rings. The number of fused-ring (bicyclic) bond motifs is 1. The first kappa shape index (κ1) is 20.1. The maximum atomic E-state index is 12.6. The average molecular weight is 395 g/mol. The van der Waals surface area contributed by atoms with Crippen LogP contribution in [0.15, 0.2) is 52.1 Å². The molecule has 1 aromatic heterocycles. The summed E-state index contributed by atoms with van der Waals surface area (Å²) < 4.78 is 7.15. The lowest BCUT2D eigenvalue weighted by atomic mass is 10.0. The summed E-state index contributed by atoms with van der Waals surface area (Å²) in [6.45, 7) is 1.44. The van der Waals surface area contributed by atoms with Crippen LogP contribution in [0.25, 0.3) is 10.8 Å². The summed E-state index contributed by atoms with van der Waals surface area (Å²) in [5, 5.41) is 1.55. The number of carbonyl (C=O) groups excluding carboxylic acids is 2. The highest BCUT2D eigenvalue weighted by molar-refractivity contribution is 6.06. The molecule has 0 amide bonds. The number of ether oxygens (including phenoxy) is 1. The molecule has 0 saturated heterocycles. The first-order valence-electron chi connectivity index (χ1n) is 9.14. The zero-order valence-corrected chi connectivity index (χ0v) is 16.2. The van der Waals surface area contributed by atoms with Crippen LogP contribution in [0.5, 0.6) is 0 Å². The summed E-state index contributed by atoms with van der Waals surface area (Å²) in [6.07, 6.45) is 0.589. The van der Waals surface area contributed by atoms with Crippen LogP contribution in [0.1, 0.15) is 34.1 Å². The summed E-state index contributed by atoms with van der Waals surface area (Å²) in [6, 6.07) is 12.5. The van der Waals surface area contributed by atoms with Crippen molar-refractivity contribution in [3.8, 4) is 0 Å². The van der Waals surface area contributed by atoms with E-state index >= 15 is 0 Å². The van der Waals surface area contributed by atoms with Gasteiger partial charge in [-0.1, -0.05) is 43.3 Å². The van der Waals surface area contributed by atoms with E-state index in [1.54, 1.807) is 24.3 Å². The monoisotopic (exact) mass is 395 g/mol. The number of rotatable bonds is 6. The molecule has 0 fully saturated rings. The third-order valence-electron chi connectivity index (χ3n) is 4.65. The maximum Gasteiger partial charge on any atom is 0.339 e. The van der Waals surface area contributed by atoms with Crippen LogP contribution in [0.3, 0.4) is 0 Å². The minimum atomic E-state index is -0.814. The molecular formula is C21H21N3O5. The number of benzene rings is 2. The van der Waals surface area contributed by atoms with Gasteiger partial charge in [0, 0.05) is 13.6 Å². The number of anilines is 1. The van der Waals surface area contributed by atoms with Crippen LogP contribution in [0.4, 0.5) is 5.82 Å². The Balaban J connectivity index is 1.89. The second-order valence-electron chi connectivity index (χ2n) is 6.58. The number of esters is 1. The van der Waals surface area contributed by atoms with E-state index in [4.69, 9.17) is 10.5 Å². The Hall–Kier alpha value is -3.68. The fourth-order valence-electron chi connectivity index (χ4n) is 3.17. The lowest BCUT2D eigenvalue weighted by Crippen LogP contribution is -2.43. The standard InChI is InChI=1S/C21H21N3O5/c1-3-11-24-18(22)17(19(26)23(2)21(24)28)16(25)12-29-20(27)15-10-6-8-13-7-4-5-9-14(13)15/h4-10H,3,11-12,22H2,1-2H3. The summed E-state index contributed by atoms with van der Waals surface area (Å²) in [4.78, 5) is 49.7. The Morgan fingerprint density at radius 1 is 1.07 bits per heavy atom. The average Bonchev–Trinajstić information content (AvgIpc) is 2.73. The molecule has 1 heterocycles. The number of Topliss-reactive ketones (excluding diaryl/α,β-unsaturated/α-hetero) is 1. The topological polar surface area (TPSA) is 113 Å². The molecule has 0 spiro atoms. The van der Waals surface area contributed by atoms with Gasteiger partial charge in [-0.15, -0.1) is 0 Å². The van der Waals surface area contributed by atoms with Crippen molar-refractivity contribution in [2.24, 2.45) is 7.05 Å². The molecule has 0 aliphatic heterocycles. The molecule has 0 atom stereocenters. The lowest BCUT2D eigenvalue weighted by molar-refractivity contribution is 0.0476. The van der Waals surface area contributed by atoms with E-state index in [9.17, 15) is 19.2 Å². The van der Waals surface area contributed by atoms with Crippen molar-refractivity contribution in [3.05, 3.63) is 74.4 Å². The van der Waals surface area contributed by atoms with Crippen molar-refractivity contribution >= 4 is 28.3 Å². The zero-order chi connectivity index (χ0) is 21.1. The van der Waals surface area contributed by atoms with Crippen molar-refractivity contribution in [3.63, 3.8) is 0 Å². The summed E-state index contributed by atoms with van der Waals surface area (Å²) in [5.74, 6) is -1.67. The van der Waals surface area contributed by atoms with E-state index in [1.165, 1.54) is 11.6 Å². The smallest absolute Gasteiger partial charge is 0.339 e. The highest BCUT2D eigenvalue weighted by Gasteiger charge is 2.23. The van der Waals surface area contributed by atoms with Gasteiger partial charge in [-0.3, -0.25) is 18.7 Å². The number of nitrogens with zero attached hydrogens (tertiary/aromatic N) is 2. The van der Waals surface area contributed by atoms with Gasteiger partial charge in [0.05, 0.1) is 5.56 Å². The summed E-state index contributed by atoms with van der Waals surface area (Å²) in [7, 11) is 1.27. The van der Waals surface area contributed by atoms with Crippen molar-refractivity contribution in [2.75, 3.05) is 12.3 Å². The fourth-order valence-corrected chi connectivity index (χ4v) is 3.17. The summed E-state index contributed by atoms with van der Waals surface area (Å²) >= 11 is 0. The second kappa shape index (κ2) is 8.14. The van der Waals surface area contributed by atoms with E-state index in [1.807, 2.05) is 25.1 Å². The number of nitrogen functional groups attached to an aromatic ring is 1. The van der Waals surface area contributed by atoms with Gasteiger partial charge in [-0.2, -0.15) is 0 Å². The van der Waals surface area contributed by atoms with Gasteiger partial charge >= 0.3 is 11.7 Å². The van der Waals surface area contributed by atoms with Gasteiger partial charge < -0.3 is 10.5 Å². The van der Waals surface area contributed by atoms with E-state index in [0.717, 1.165) is 9.95 Å². The van der Waals surface area contributed by atoms with Crippen LogP contribution in [-0.2, 0) is 18.3 Å². The third kappa shape index (κ3) is 3.69. The quantitative estimate of drug-likeness (QED) is 0.502. The van der Waals surface area contributed by atoms with Crippen LogP contribution in [-0.4, -0.2) is 27.5 Å². The van der Waals surface area contributed by atoms with Gasteiger partial charge in [0.25, 0.3) is 5.56 Å². The highest BCUT2D eigenvalue weighted by Crippen LogP contribution is 2.19. The largest absolute Gasteiger partial charge is 0.454 e. The molecule has 150 valence electrons. The predicted molar refractivity (Wildman–Crippen MR) is 109 cm³/mol. The molecule has 29 heavy (non-hydrogen) atoms. The zero-order valence-electron chi connectivity index (χ0n) is 16.2. The van der Waals surface area contributed by atoms with E-state index in [2.05, 4.69) is 0 Å². The number of hydrogen-bond donors (Lipinski definition) is 1. The Labute approximate surface area is 166 Å². The Kier molecular flexibility index (Phi) is 5.63. The molecule has 0 bridgehead atoms. The van der Waals surface area contributed by atoms with Gasteiger partial charge in [0.1, 0.15) is 11.4 Å². The summed E-state index contributed by atoms with van der Waals surface area (Å²) in [5.41, 5.74) is 4.47. The Morgan fingerprint density at radius 2 is 1.76 bits per heavy atom.